The van der Waals surface area contributed by atoms with E-state index in [1.165, 1.54) is 0 Å². The van der Waals surface area contributed by atoms with Crippen molar-refractivity contribution in [1.82, 2.24) is 15.2 Å². The first-order valence-corrected chi connectivity index (χ1v) is 14.5. The third-order valence-electron chi connectivity index (χ3n) is 7.68. The van der Waals surface area contributed by atoms with Gasteiger partial charge in [-0.05, 0) is 56.4 Å². The van der Waals surface area contributed by atoms with Gasteiger partial charge in [-0.25, -0.2) is 4.98 Å². The number of aliphatic hydroxyl groups is 1. The van der Waals surface area contributed by atoms with Crippen molar-refractivity contribution in [3.8, 4) is 11.5 Å². The number of nitrogens with one attached hydrogen (secondary N) is 1. The second-order valence-electron chi connectivity index (χ2n) is 11.4. The Hall–Kier alpha value is -3.79. The topological polar surface area (TPSA) is 131 Å². The highest BCUT2D eigenvalue weighted by Gasteiger charge is 2.37. The average Bonchev–Trinajstić information content (AvgIpc) is 3.71. The van der Waals surface area contributed by atoms with Crippen molar-refractivity contribution in [3.63, 3.8) is 0 Å². The van der Waals surface area contributed by atoms with Crippen molar-refractivity contribution in [1.29, 1.82) is 0 Å². The molecule has 1 saturated heterocycles. The number of likely N-dealkylation sites (tertiary alicyclic amines) is 1. The third kappa shape index (κ3) is 8.15. The average molecular weight is 575 g/mol. The van der Waals surface area contributed by atoms with E-state index in [9.17, 15) is 14.7 Å². The van der Waals surface area contributed by atoms with Gasteiger partial charge in [0.15, 0.2) is 0 Å². The molecule has 5 atom stereocenters. The Bertz CT molecular complexity index is 1330. The van der Waals surface area contributed by atoms with Gasteiger partial charge in [0, 0.05) is 17.5 Å². The van der Waals surface area contributed by atoms with Gasteiger partial charge in [-0.1, -0.05) is 61.5 Å². The van der Waals surface area contributed by atoms with Gasteiger partial charge in [-0.2, -0.15) is 0 Å². The number of oxazole rings is 1. The van der Waals surface area contributed by atoms with Gasteiger partial charge in [0.25, 0.3) is 0 Å². The number of aliphatic hydroxyl groups excluding tert-OH is 1. The molecule has 2 aromatic carbocycles. The molecule has 0 bridgehead atoms. The summed E-state index contributed by atoms with van der Waals surface area (Å²) in [6.07, 6.45) is 8.81. The molecule has 4 rings (SSSR count). The van der Waals surface area contributed by atoms with Crippen molar-refractivity contribution in [2.45, 2.75) is 70.9 Å². The number of benzene rings is 2. The Morgan fingerprint density at radius 3 is 2.67 bits per heavy atom. The van der Waals surface area contributed by atoms with Crippen LogP contribution < -0.4 is 11.1 Å². The number of nitrogens with two attached hydrogens (primary N) is 1. The van der Waals surface area contributed by atoms with Crippen molar-refractivity contribution in [2.24, 2.45) is 11.1 Å². The number of hydrogen-bond acceptors (Lipinski definition) is 7. The van der Waals surface area contributed by atoms with Crippen LogP contribution >= 0.6 is 0 Å². The molecule has 9 nitrogen and oxygen atoms in total. The lowest BCUT2D eigenvalue weighted by Gasteiger charge is -2.32. The lowest BCUT2D eigenvalue weighted by Crippen LogP contribution is -2.57. The van der Waals surface area contributed by atoms with Crippen LogP contribution in [0.3, 0.4) is 0 Å². The van der Waals surface area contributed by atoms with Crippen LogP contribution in [0.4, 0.5) is 0 Å². The van der Waals surface area contributed by atoms with Crippen molar-refractivity contribution in [3.05, 3.63) is 90.3 Å². The molecule has 1 aromatic heterocycles. The zero-order chi connectivity index (χ0) is 30.1. The number of ether oxygens (including phenoxy) is 1. The van der Waals surface area contributed by atoms with Crippen LogP contribution in [0.5, 0.6) is 0 Å². The van der Waals surface area contributed by atoms with Gasteiger partial charge in [-0.3, -0.25) is 9.59 Å². The van der Waals surface area contributed by atoms with Crippen LogP contribution in [0.25, 0.3) is 11.5 Å². The molecule has 1 aliphatic rings. The molecule has 1 fully saturated rings. The quantitative estimate of drug-likeness (QED) is 0.264. The largest absolute Gasteiger partial charge is 0.445 e. The molecule has 2 amide bonds. The van der Waals surface area contributed by atoms with Crippen molar-refractivity contribution >= 4 is 11.8 Å². The van der Waals surface area contributed by atoms with Crippen LogP contribution in [0.15, 0.2) is 83.6 Å². The van der Waals surface area contributed by atoms with E-state index < -0.39 is 29.5 Å². The van der Waals surface area contributed by atoms with Crippen LogP contribution in [0.2, 0.25) is 0 Å². The molecule has 0 unspecified atom stereocenters. The molecule has 42 heavy (non-hydrogen) atoms. The first-order chi connectivity index (χ1) is 20.2. The first-order valence-electron chi connectivity index (χ1n) is 14.5. The number of amides is 2. The van der Waals surface area contributed by atoms with Gasteiger partial charge in [0.1, 0.15) is 12.3 Å². The van der Waals surface area contributed by atoms with Crippen LogP contribution in [-0.2, 0) is 27.4 Å². The molecular weight excluding hydrogens is 532 g/mol. The highest BCUT2D eigenvalue weighted by atomic mass is 16.5. The number of nitrogens with zero attached hydrogens (tertiary/aromatic N) is 2. The van der Waals surface area contributed by atoms with Gasteiger partial charge in [0.05, 0.1) is 37.6 Å². The second kappa shape index (κ2) is 14.4. The summed E-state index contributed by atoms with van der Waals surface area (Å²) < 4.78 is 11.5. The standard InChI is InChI=1S/C33H42N4O5/c1-23(34)30(39)36-29(24(2)42-21-25-9-5-4-6-10-25)32(40)37-17-8-13-28(37)14-15-33(3,22-38)20-26-11-7-12-27(19-26)31-35-16-18-41-31/h4-7,9-12,14-16,18-19,23-24,28-29,38H,8,13,17,20-22,34H2,1-3H3,(H,36,39)/b15-14+/t23-,24+,28-,29-,33-/m0/s1. The van der Waals surface area contributed by atoms with E-state index in [1.54, 1.807) is 31.2 Å². The van der Waals surface area contributed by atoms with E-state index in [4.69, 9.17) is 14.9 Å². The Kier molecular flexibility index (Phi) is 10.7. The summed E-state index contributed by atoms with van der Waals surface area (Å²) in [5, 5.41) is 13.2. The van der Waals surface area contributed by atoms with Gasteiger partial charge < -0.3 is 30.2 Å². The number of carbonyl (C=O) groups is 2. The molecule has 224 valence electrons. The minimum atomic E-state index is -0.886. The Morgan fingerprint density at radius 2 is 1.98 bits per heavy atom. The third-order valence-corrected chi connectivity index (χ3v) is 7.68. The Labute approximate surface area is 247 Å². The second-order valence-corrected chi connectivity index (χ2v) is 11.4. The molecule has 0 aliphatic carbocycles. The van der Waals surface area contributed by atoms with Crippen LogP contribution in [0, 0.1) is 5.41 Å². The van der Waals surface area contributed by atoms with Gasteiger partial charge in [0.2, 0.25) is 17.7 Å². The summed E-state index contributed by atoms with van der Waals surface area (Å²) in [4.78, 5) is 32.5. The summed E-state index contributed by atoms with van der Waals surface area (Å²) >= 11 is 0. The fraction of sp³-hybridized carbons (Fsp3) is 0.424. The molecule has 3 aromatic rings. The van der Waals surface area contributed by atoms with Crippen molar-refractivity contribution in [2.75, 3.05) is 13.2 Å². The van der Waals surface area contributed by atoms with E-state index in [0.717, 1.165) is 29.5 Å². The predicted octanol–water partition coefficient (Wildman–Crippen LogP) is 3.87. The molecule has 1 aliphatic heterocycles. The summed E-state index contributed by atoms with van der Waals surface area (Å²) in [6.45, 7) is 6.19. The van der Waals surface area contributed by atoms with E-state index in [-0.39, 0.29) is 18.6 Å². The smallest absolute Gasteiger partial charge is 0.248 e. The zero-order valence-corrected chi connectivity index (χ0v) is 24.6. The zero-order valence-electron chi connectivity index (χ0n) is 24.6. The maximum absolute atomic E-state index is 13.9. The Balaban J connectivity index is 1.47. The molecular formula is C33H42N4O5. The summed E-state index contributed by atoms with van der Waals surface area (Å²) in [7, 11) is 0. The first kappa shape index (κ1) is 31.2. The molecule has 2 heterocycles. The molecule has 0 radical (unpaired) electrons. The number of carbonyl (C=O) groups excluding carboxylic acids is 2. The monoisotopic (exact) mass is 574 g/mol. The molecule has 0 saturated carbocycles. The highest BCUT2D eigenvalue weighted by Crippen LogP contribution is 2.29. The Morgan fingerprint density at radius 1 is 1.21 bits per heavy atom. The van der Waals surface area contributed by atoms with E-state index in [0.29, 0.717) is 25.5 Å². The van der Waals surface area contributed by atoms with Gasteiger partial charge in [-0.15, -0.1) is 0 Å². The van der Waals surface area contributed by atoms with E-state index >= 15 is 0 Å². The van der Waals surface area contributed by atoms with Crippen LogP contribution in [0.1, 0.15) is 44.7 Å². The summed E-state index contributed by atoms with van der Waals surface area (Å²) in [5.41, 5.74) is 8.15. The lowest BCUT2D eigenvalue weighted by atomic mass is 9.83. The molecule has 9 heteroatoms. The number of rotatable bonds is 13. The maximum atomic E-state index is 13.9. The van der Waals surface area contributed by atoms with Crippen molar-refractivity contribution < 1.29 is 23.8 Å². The molecule has 0 spiro atoms. The summed E-state index contributed by atoms with van der Waals surface area (Å²) in [5.74, 6) is -0.0680. The number of hydrogen-bond donors (Lipinski definition) is 3. The highest BCUT2D eigenvalue weighted by molar-refractivity contribution is 5.90. The summed E-state index contributed by atoms with van der Waals surface area (Å²) in [6, 6.07) is 15.8. The minimum Gasteiger partial charge on any atom is -0.445 e. The van der Waals surface area contributed by atoms with Crippen LogP contribution in [-0.4, -0.2) is 64.2 Å². The SMILES string of the molecule is C[C@H](N)C(=O)N[C@H](C(=O)N1CCC[C@H]1/C=C/[C@](C)(CO)Cc1cccc(-c2ncco2)c1)[C@@H](C)OCc1ccccc1. The van der Waals surface area contributed by atoms with E-state index in [1.807, 2.05) is 73.7 Å². The maximum Gasteiger partial charge on any atom is 0.248 e. The van der Waals surface area contributed by atoms with Gasteiger partial charge >= 0.3 is 0 Å². The van der Waals surface area contributed by atoms with E-state index in [2.05, 4.69) is 10.3 Å². The fourth-order valence-electron chi connectivity index (χ4n) is 5.17. The normalized spacial score (nSPS) is 18.9. The molecule has 4 N–H and O–H groups in total. The predicted molar refractivity (Wildman–Crippen MR) is 161 cm³/mol. The fourth-order valence-corrected chi connectivity index (χ4v) is 5.17. The lowest BCUT2D eigenvalue weighted by molar-refractivity contribution is -0.141. The minimum absolute atomic E-state index is 0.0647. The number of aromatic nitrogens is 1.